The van der Waals surface area contributed by atoms with Crippen LogP contribution in [0.25, 0.3) is 0 Å². The number of carboxylic acid groups (broad SMARTS) is 1. The minimum Gasteiger partial charge on any atom is -0.479 e. The Morgan fingerprint density at radius 1 is 1.47 bits per heavy atom. The van der Waals surface area contributed by atoms with E-state index in [0.29, 0.717) is 17.7 Å². The Labute approximate surface area is 115 Å². The van der Waals surface area contributed by atoms with Crippen molar-refractivity contribution in [1.82, 2.24) is 10.3 Å². The molecule has 0 saturated heterocycles. The fourth-order valence-corrected chi connectivity index (χ4v) is 1.67. The summed E-state index contributed by atoms with van der Waals surface area (Å²) in [5.41, 5.74) is 0.986. The number of amides is 1. The number of carbonyl (C=O) groups excluding carboxylic acids is 1. The van der Waals surface area contributed by atoms with Gasteiger partial charge in [0.25, 0.3) is 5.91 Å². The van der Waals surface area contributed by atoms with Gasteiger partial charge < -0.3 is 15.5 Å². The van der Waals surface area contributed by atoms with Crippen molar-refractivity contribution in [2.24, 2.45) is 0 Å². The van der Waals surface area contributed by atoms with Gasteiger partial charge in [-0.15, -0.1) is 0 Å². The van der Waals surface area contributed by atoms with E-state index in [2.05, 4.69) is 10.3 Å². The van der Waals surface area contributed by atoms with Crippen molar-refractivity contribution in [2.75, 3.05) is 6.54 Å². The van der Waals surface area contributed by atoms with Gasteiger partial charge in [0.15, 0.2) is 6.10 Å². The topological polar surface area (TPSA) is 99.5 Å². The number of nitrogens with one attached hydrogen (secondary N) is 1. The molecule has 1 rings (SSSR count). The summed E-state index contributed by atoms with van der Waals surface area (Å²) in [5, 5.41) is 20.1. The molecule has 0 aliphatic carbocycles. The number of carbonyl (C=O) groups is 2. The highest BCUT2D eigenvalue weighted by molar-refractivity contribution is 6.29. The third kappa shape index (κ3) is 4.84. The number of pyridine rings is 1. The molecule has 1 aromatic rings. The van der Waals surface area contributed by atoms with Crippen molar-refractivity contribution in [1.29, 1.82) is 0 Å². The summed E-state index contributed by atoms with van der Waals surface area (Å²) in [4.78, 5) is 26.3. The molecule has 3 N–H and O–H groups in total. The van der Waals surface area contributed by atoms with E-state index in [1.807, 2.05) is 6.92 Å². The van der Waals surface area contributed by atoms with E-state index in [0.717, 1.165) is 6.42 Å². The number of aromatic nitrogens is 1. The lowest BCUT2D eigenvalue weighted by Crippen LogP contribution is -2.36. The maximum absolute atomic E-state index is 11.8. The number of aryl methyl sites for hydroxylation is 1. The maximum Gasteiger partial charge on any atom is 0.334 e. The smallest absolute Gasteiger partial charge is 0.334 e. The highest BCUT2D eigenvalue weighted by Gasteiger charge is 2.15. The van der Waals surface area contributed by atoms with Gasteiger partial charge in [-0.05, 0) is 18.6 Å². The summed E-state index contributed by atoms with van der Waals surface area (Å²) in [7, 11) is 0. The van der Waals surface area contributed by atoms with E-state index >= 15 is 0 Å². The van der Waals surface area contributed by atoms with E-state index in [-0.39, 0.29) is 11.7 Å². The summed E-state index contributed by atoms with van der Waals surface area (Å²) in [5.74, 6) is -1.89. The fourth-order valence-electron chi connectivity index (χ4n) is 1.45. The van der Waals surface area contributed by atoms with Crippen LogP contribution in [-0.4, -0.2) is 39.7 Å². The molecular formula is C12H15ClN2O4. The van der Waals surface area contributed by atoms with Gasteiger partial charge in [-0.2, -0.15) is 0 Å². The fraction of sp³-hybridized carbons (Fsp3) is 0.417. The number of hydrogen-bond donors (Lipinski definition) is 3. The summed E-state index contributed by atoms with van der Waals surface area (Å²) in [6.07, 6.45) is -0.0681. The maximum atomic E-state index is 11.8. The number of halogens is 1. The predicted molar refractivity (Wildman–Crippen MR) is 69.2 cm³/mol. The molecule has 6 nitrogen and oxygen atoms in total. The molecule has 1 aromatic heterocycles. The average molecular weight is 287 g/mol. The molecule has 0 radical (unpaired) electrons. The largest absolute Gasteiger partial charge is 0.479 e. The summed E-state index contributed by atoms with van der Waals surface area (Å²) in [6.45, 7) is 1.61. The van der Waals surface area contributed by atoms with Gasteiger partial charge in [0, 0.05) is 11.3 Å². The minimum absolute atomic E-state index is 0.204. The van der Waals surface area contributed by atoms with Crippen LogP contribution in [0.5, 0.6) is 0 Å². The predicted octanol–water partition coefficient (Wildman–Crippen LogP) is 0.863. The molecule has 0 unspecified atom stereocenters. The molecule has 0 fully saturated rings. The highest BCUT2D eigenvalue weighted by Crippen LogP contribution is 2.12. The van der Waals surface area contributed by atoms with Crippen LogP contribution in [0.4, 0.5) is 0 Å². The zero-order chi connectivity index (χ0) is 14.4. The van der Waals surface area contributed by atoms with Gasteiger partial charge in [0.05, 0.1) is 6.54 Å². The Kier molecular flexibility index (Phi) is 5.72. The van der Waals surface area contributed by atoms with Crippen LogP contribution in [0.3, 0.4) is 0 Å². The number of aliphatic carboxylic acids is 1. The number of hydrogen-bond acceptors (Lipinski definition) is 4. The van der Waals surface area contributed by atoms with E-state index in [4.69, 9.17) is 21.8 Å². The number of nitrogens with zero attached hydrogens (tertiary/aromatic N) is 1. The van der Waals surface area contributed by atoms with E-state index in [1.165, 1.54) is 6.07 Å². The second kappa shape index (κ2) is 7.06. The molecule has 0 aromatic carbocycles. The van der Waals surface area contributed by atoms with Gasteiger partial charge in [0.1, 0.15) is 5.15 Å². The molecule has 1 heterocycles. The van der Waals surface area contributed by atoms with Gasteiger partial charge in [-0.25, -0.2) is 9.78 Å². The van der Waals surface area contributed by atoms with Crippen molar-refractivity contribution in [2.45, 2.75) is 25.9 Å². The second-order valence-corrected chi connectivity index (χ2v) is 4.37. The zero-order valence-corrected chi connectivity index (χ0v) is 11.1. The van der Waals surface area contributed by atoms with Crippen LogP contribution in [0, 0.1) is 0 Å². The standard InChI is InChI=1S/C12H15ClN2O4/c1-2-3-8-4-7(5-10(13)15-8)11(17)14-6-9(16)12(18)19/h4-5,9,16H,2-3,6H2,1H3,(H,14,17)(H,18,19)/t9-/m0/s1. The number of rotatable bonds is 6. The average Bonchev–Trinajstić information content (AvgIpc) is 2.35. The quantitative estimate of drug-likeness (QED) is 0.674. The van der Waals surface area contributed by atoms with Gasteiger partial charge in [-0.1, -0.05) is 24.9 Å². The monoisotopic (exact) mass is 286 g/mol. The van der Waals surface area contributed by atoms with Crippen molar-refractivity contribution >= 4 is 23.5 Å². The molecule has 104 valence electrons. The third-order valence-corrected chi connectivity index (χ3v) is 2.55. The van der Waals surface area contributed by atoms with Crippen molar-refractivity contribution < 1.29 is 19.8 Å². The Balaban J connectivity index is 2.73. The first-order chi connectivity index (χ1) is 8.93. The zero-order valence-electron chi connectivity index (χ0n) is 10.4. The molecule has 0 spiro atoms. The van der Waals surface area contributed by atoms with Crippen LogP contribution < -0.4 is 5.32 Å². The summed E-state index contributed by atoms with van der Waals surface area (Å²) < 4.78 is 0. The van der Waals surface area contributed by atoms with Gasteiger partial charge in [0.2, 0.25) is 0 Å². The first-order valence-electron chi connectivity index (χ1n) is 5.79. The molecule has 0 aliphatic heterocycles. The third-order valence-electron chi connectivity index (χ3n) is 2.36. The van der Waals surface area contributed by atoms with E-state index in [1.54, 1.807) is 6.07 Å². The van der Waals surface area contributed by atoms with Gasteiger partial charge in [-0.3, -0.25) is 4.79 Å². The second-order valence-electron chi connectivity index (χ2n) is 3.98. The van der Waals surface area contributed by atoms with E-state index in [9.17, 15) is 9.59 Å². The number of aliphatic hydroxyl groups is 1. The van der Waals surface area contributed by atoms with E-state index < -0.39 is 18.0 Å². The van der Waals surface area contributed by atoms with Crippen LogP contribution in [0.1, 0.15) is 29.4 Å². The lowest BCUT2D eigenvalue weighted by molar-refractivity contribution is -0.146. The molecular weight excluding hydrogens is 272 g/mol. The highest BCUT2D eigenvalue weighted by atomic mass is 35.5. The molecule has 0 aliphatic rings. The summed E-state index contributed by atoms with van der Waals surface area (Å²) in [6, 6.07) is 2.99. The number of aliphatic hydroxyl groups excluding tert-OH is 1. The normalized spacial score (nSPS) is 11.9. The lowest BCUT2D eigenvalue weighted by Gasteiger charge is -2.09. The molecule has 1 amide bonds. The Hall–Kier alpha value is -1.66. The van der Waals surface area contributed by atoms with Crippen LogP contribution >= 0.6 is 11.6 Å². The van der Waals surface area contributed by atoms with Crippen LogP contribution in [-0.2, 0) is 11.2 Å². The lowest BCUT2D eigenvalue weighted by atomic mass is 10.1. The molecule has 0 saturated carbocycles. The molecule has 19 heavy (non-hydrogen) atoms. The first-order valence-corrected chi connectivity index (χ1v) is 6.17. The SMILES string of the molecule is CCCc1cc(C(=O)NC[C@H](O)C(=O)O)cc(Cl)n1. The van der Waals surface area contributed by atoms with Gasteiger partial charge >= 0.3 is 5.97 Å². The molecule has 7 heteroatoms. The summed E-state index contributed by atoms with van der Waals surface area (Å²) >= 11 is 5.81. The number of carboxylic acids is 1. The van der Waals surface area contributed by atoms with Crippen LogP contribution in [0.2, 0.25) is 5.15 Å². The first kappa shape index (κ1) is 15.4. The van der Waals surface area contributed by atoms with Crippen LogP contribution in [0.15, 0.2) is 12.1 Å². The molecule has 1 atom stereocenters. The Bertz CT molecular complexity index is 479. The Morgan fingerprint density at radius 2 is 2.16 bits per heavy atom. The minimum atomic E-state index is -1.63. The van der Waals surface area contributed by atoms with Crippen molar-refractivity contribution in [3.05, 3.63) is 28.5 Å². The Morgan fingerprint density at radius 3 is 2.74 bits per heavy atom. The van der Waals surface area contributed by atoms with Crippen molar-refractivity contribution in [3.63, 3.8) is 0 Å². The molecule has 0 bridgehead atoms. The van der Waals surface area contributed by atoms with Crippen molar-refractivity contribution in [3.8, 4) is 0 Å².